The standard InChI is InChI=1S/C8H10N2/c1-4-7-8(6(2)3)10-5-9-7/h4-5H,1-2H2,3H3,(H,9,10). The van der Waals surface area contributed by atoms with Crippen LogP contribution in [0.15, 0.2) is 19.5 Å². The van der Waals surface area contributed by atoms with Crippen LogP contribution in [0, 0.1) is 0 Å². The van der Waals surface area contributed by atoms with Crippen molar-refractivity contribution in [2.24, 2.45) is 0 Å². The highest BCUT2D eigenvalue weighted by atomic mass is 14.9. The monoisotopic (exact) mass is 134 g/mol. The SMILES string of the molecule is C=Cc1[nH]cnc1C(=C)C. The Bertz CT molecular complexity index is 258. The van der Waals surface area contributed by atoms with Gasteiger partial charge in [-0.15, -0.1) is 0 Å². The molecule has 0 atom stereocenters. The molecule has 0 aliphatic heterocycles. The van der Waals surface area contributed by atoms with Gasteiger partial charge in [0.25, 0.3) is 0 Å². The number of hydrogen-bond donors (Lipinski definition) is 1. The first-order valence-corrected chi connectivity index (χ1v) is 3.07. The van der Waals surface area contributed by atoms with E-state index in [2.05, 4.69) is 23.1 Å². The van der Waals surface area contributed by atoms with Crippen LogP contribution in [-0.2, 0) is 0 Å². The summed E-state index contributed by atoms with van der Waals surface area (Å²) in [6.45, 7) is 9.33. The minimum absolute atomic E-state index is 0.898. The molecule has 1 aromatic heterocycles. The summed E-state index contributed by atoms with van der Waals surface area (Å²) >= 11 is 0. The minimum atomic E-state index is 0.898. The Kier molecular flexibility index (Phi) is 1.71. The molecule has 52 valence electrons. The molecule has 0 saturated carbocycles. The first-order chi connectivity index (χ1) is 4.75. The summed E-state index contributed by atoms with van der Waals surface area (Å²) in [7, 11) is 0. The molecule has 1 heterocycles. The summed E-state index contributed by atoms with van der Waals surface area (Å²) in [5.74, 6) is 0. The molecule has 2 nitrogen and oxygen atoms in total. The summed E-state index contributed by atoms with van der Waals surface area (Å²) in [5.41, 5.74) is 2.79. The summed E-state index contributed by atoms with van der Waals surface area (Å²) in [4.78, 5) is 7.01. The number of aromatic amines is 1. The minimum Gasteiger partial charge on any atom is -0.345 e. The molecular formula is C8H10N2. The molecule has 0 bridgehead atoms. The van der Waals surface area contributed by atoms with Crippen LogP contribution >= 0.6 is 0 Å². The lowest BCUT2D eigenvalue weighted by atomic mass is 10.2. The van der Waals surface area contributed by atoms with E-state index in [1.165, 1.54) is 0 Å². The number of H-pyrrole nitrogens is 1. The molecule has 0 aromatic carbocycles. The van der Waals surface area contributed by atoms with Crippen LogP contribution in [0.2, 0.25) is 0 Å². The summed E-state index contributed by atoms with van der Waals surface area (Å²) in [5, 5.41) is 0. The lowest BCUT2D eigenvalue weighted by Gasteiger charge is -1.92. The summed E-state index contributed by atoms with van der Waals surface area (Å²) in [6, 6.07) is 0. The Balaban J connectivity index is 3.13. The predicted molar refractivity (Wildman–Crippen MR) is 43.4 cm³/mol. The van der Waals surface area contributed by atoms with Gasteiger partial charge >= 0.3 is 0 Å². The second-order valence-corrected chi connectivity index (χ2v) is 2.15. The largest absolute Gasteiger partial charge is 0.345 e. The van der Waals surface area contributed by atoms with Crippen LogP contribution in [0.1, 0.15) is 18.3 Å². The Morgan fingerprint density at radius 1 is 1.80 bits per heavy atom. The third-order valence-electron chi connectivity index (χ3n) is 1.28. The van der Waals surface area contributed by atoms with E-state index >= 15 is 0 Å². The Labute approximate surface area is 60.3 Å². The van der Waals surface area contributed by atoms with Gasteiger partial charge in [-0.25, -0.2) is 4.98 Å². The summed E-state index contributed by atoms with van der Waals surface area (Å²) in [6.07, 6.45) is 3.37. The van der Waals surface area contributed by atoms with Crippen LogP contribution < -0.4 is 0 Å². The maximum atomic E-state index is 4.06. The number of nitrogens with one attached hydrogen (secondary N) is 1. The number of aromatic nitrogens is 2. The van der Waals surface area contributed by atoms with Gasteiger partial charge in [0, 0.05) is 0 Å². The van der Waals surface area contributed by atoms with E-state index in [9.17, 15) is 0 Å². The predicted octanol–water partition coefficient (Wildman–Crippen LogP) is 2.09. The van der Waals surface area contributed by atoms with Crippen LogP contribution in [0.25, 0.3) is 11.6 Å². The molecule has 0 aliphatic rings. The van der Waals surface area contributed by atoms with E-state index in [1.807, 2.05) is 6.92 Å². The van der Waals surface area contributed by atoms with Crippen molar-refractivity contribution in [1.82, 2.24) is 9.97 Å². The number of allylic oxidation sites excluding steroid dienone is 1. The quantitative estimate of drug-likeness (QED) is 0.659. The number of hydrogen-bond acceptors (Lipinski definition) is 1. The van der Waals surface area contributed by atoms with Gasteiger partial charge in [0.2, 0.25) is 0 Å². The fourth-order valence-corrected chi connectivity index (χ4v) is 0.800. The second kappa shape index (κ2) is 2.52. The molecule has 0 fully saturated rings. The van der Waals surface area contributed by atoms with Crippen LogP contribution in [0.5, 0.6) is 0 Å². The van der Waals surface area contributed by atoms with Gasteiger partial charge in [0.15, 0.2) is 0 Å². The van der Waals surface area contributed by atoms with E-state index in [0.29, 0.717) is 0 Å². The molecule has 0 aliphatic carbocycles. The molecule has 2 heteroatoms. The fraction of sp³-hybridized carbons (Fsp3) is 0.125. The Hall–Kier alpha value is -1.31. The highest BCUT2D eigenvalue weighted by molar-refractivity contribution is 5.66. The van der Waals surface area contributed by atoms with Gasteiger partial charge in [0.1, 0.15) is 0 Å². The highest BCUT2D eigenvalue weighted by Gasteiger charge is 2.00. The van der Waals surface area contributed by atoms with Gasteiger partial charge in [-0.2, -0.15) is 0 Å². The molecule has 1 rings (SSSR count). The lowest BCUT2D eigenvalue weighted by molar-refractivity contribution is 1.29. The van der Waals surface area contributed by atoms with Crippen molar-refractivity contribution in [3.8, 4) is 0 Å². The molecular weight excluding hydrogens is 124 g/mol. The smallest absolute Gasteiger partial charge is 0.0931 e. The Morgan fingerprint density at radius 2 is 2.50 bits per heavy atom. The fourth-order valence-electron chi connectivity index (χ4n) is 0.800. The number of nitrogens with zero attached hydrogens (tertiary/aromatic N) is 1. The molecule has 0 spiro atoms. The van der Waals surface area contributed by atoms with Crippen LogP contribution in [0.3, 0.4) is 0 Å². The van der Waals surface area contributed by atoms with Crippen molar-refractivity contribution >= 4 is 11.6 Å². The second-order valence-electron chi connectivity index (χ2n) is 2.15. The molecule has 0 amide bonds. The van der Waals surface area contributed by atoms with Crippen LogP contribution in [0.4, 0.5) is 0 Å². The van der Waals surface area contributed by atoms with Crippen molar-refractivity contribution in [2.45, 2.75) is 6.92 Å². The zero-order chi connectivity index (χ0) is 7.56. The molecule has 1 aromatic rings. The first-order valence-electron chi connectivity index (χ1n) is 3.07. The normalized spacial score (nSPS) is 9.30. The molecule has 1 N–H and O–H groups in total. The molecule has 10 heavy (non-hydrogen) atoms. The average molecular weight is 134 g/mol. The third-order valence-corrected chi connectivity index (χ3v) is 1.28. The van der Waals surface area contributed by atoms with Crippen molar-refractivity contribution in [1.29, 1.82) is 0 Å². The zero-order valence-electron chi connectivity index (χ0n) is 6.02. The Morgan fingerprint density at radius 3 is 2.90 bits per heavy atom. The maximum absolute atomic E-state index is 4.06. The zero-order valence-corrected chi connectivity index (χ0v) is 6.02. The molecule has 0 radical (unpaired) electrons. The maximum Gasteiger partial charge on any atom is 0.0931 e. The van der Waals surface area contributed by atoms with E-state index < -0.39 is 0 Å². The first kappa shape index (κ1) is 6.81. The van der Waals surface area contributed by atoms with Crippen molar-refractivity contribution < 1.29 is 0 Å². The average Bonchev–Trinajstić information content (AvgIpc) is 2.33. The van der Waals surface area contributed by atoms with Gasteiger partial charge in [-0.3, -0.25) is 0 Å². The lowest BCUT2D eigenvalue weighted by Crippen LogP contribution is -1.80. The van der Waals surface area contributed by atoms with Gasteiger partial charge in [0.05, 0.1) is 17.7 Å². The van der Waals surface area contributed by atoms with Gasteiger partial charge in [-0.1, -0.05) is 13.2 Å². The topological polar surface area (TPSA) is 28.7 Å². The van der Waals surface area contributed by atoms with Crippen molar-refractivity contribution in [2.75, 3.05) is 0 Å². The van der Waals surface area contributed by atoms with Gasteiger partial charge in [-0.05, 0) is 18.6 Å². The summed E-state index contributed by atoms with van der Waals surface area (Å²) < 4.78 is 0. The van der Waals surface area contributed by atoms with E-state index in [-0.39, 0.29) is 0 Å². The third kappa shape index (κ3) is 1.00. The van der Waals surface area contributed by atoms with E-state index in [0.717, 1.165) is 17.0 Å². The number of imidazole rings is 1. The molecule has 0 unspecified atom stereocenters. The van der Waals surface area contributed by atoms with E-state index in [4.69, 9.17) is 0 Å². The van der Waals surface area contributed by atoms with Crippen molar-refractivity contribution in [3.63, 3.8) is 0 Å². The molecule has 0 saturated heterocycles. The van der Waals surface area contributed by atoms with Crippen LogP contribution in [-0.4, -0.2) is 9.97 Å². The number of rotatable bonds is 2. The van der Waals surface area contributed by atoms with Crippen molar-refractivity contribution in [3.05, 3.63) is 30.9 Å². The van der Waals surface area contributed by atoms with Gasteiger partial charge < -0.3 is 4.98 Å². The van der Waals surface area contributed by atoms with E-state index in [1.54, 1.807) is 12.4 Å². The highest BCUT2D eigenvalue weighted by Crippen LogP contribution is 2.12.